The Bertz CT molecular complexity index is 1400. The maximum absolute atomic E-state index is 13.8. The van der Waals surface area contributed by atoms with Gasteiger partial charge in [0.2, 0.25) is 5.78 Å². The fourth-order valence-electron chi connectivity index (χ4n) is 3.96. The lowest BCUT2D eigenvalue weighted by atomic mass is 10.0. The summed E-state index contributed by atoms with van der Waals surface area (Å²) in [5, 5.41) is 0. The molecule has 0 saturated carbocycles. The Labute approximate surface area is 203 Å². The number of nitrogens with zero attached hydrogens (tertiary/aromatic N) is 1. The van der Waals surface area contributed by atoms with Gasteiger partial charge in [-0.3, -0.25) is 4.79 Å². The first-order chi connectivity index (χ1) is 17.1. The van der Waals surface area contributed by atoms with Crippen molar-refractivity contribution in [1.29, 1.82) is 0 Å². The summed E-state index contributed by atoms with van der Waals surface area (Å²) in [6.07, 6.45) is 3.74. The van der Waals surface area contributed by atoms with Gasteiger partial charge in [0.15, 0.2) is 0 Å². The fourth-order valence-corrected chi connectivity index (χ4v) is 3.96. The van der Waals surface area contributed by atoms with E-state index in [2.05, 4.69) is 0 Å². The quantitative estimate of drug-likeness (QED) is 0.246. The summed E-state index contributed by atoms with van der Waals surface area (Å²) in [6.45, 7) is 3.57. The molecule has 2 heterocycles. The summed E-state index contributed by atoms with van der Waals surface area (Å²) in [5.41, 5.74) is 2.33. The molecule has 0 saturated heterocycles. The Kier molecular flexibility index (Phi) is 7.21. The van der Waals surface area contributed by atoms with E-state index in [0.717, 1.165) is 5.56 Å². The molecule has 0 amide bonds. The lowest BCUT2D eigenvalue weighted by Gasteiger charge is -2.09. The summed E-state index contributed by atoms with van der Waals surface area (Å²) in [7, 11) is 0. The summed E-state index contributed by atoms with van der Waals surface area (Å²) in [4.78, 5) is 40.1. The number of rotatable bonds is 8. The van der Waals surface area contributed by atoms with Crippen LogP contribution in [0.1, 0.15) is 61.9 Å². The highest BCUT2D eigenvalue weighted by Gasteiger charge is 2.34. The Morgan fingerprint density at radius 2 is 1.31 bits per heavy atom. The van der Waals surface area contributed by atoms with Gasteiger partial charge in [-0.25, -0.2) is 9.59 Å². The van der Waals surface area contributed by atoms with E-state index in [1.165, 1.54) is 0 Å². The minimum atomic E-state index is -0.753. The van der Waals surface area contributed by atoms with Crippen LogP contribution in [-0.2, 0) is 9.47 Å². The Morgan fingerprint density at radius 1 is 0.714 bits per heavy atom. The number of ether oxygens (including phenoxy) is 2. The van der Waals surface area contributed by atoms with E-state index in [1.807, 2.05) is 48.6 Å². The third kappa shape index (κ3) is 4.77. The number of carbonyl (C=O) groups is 3. The molecule has 0 atom stereocenters. The van der Waals surface area contributed by atoms with Crippen LogP contribution in [0.25, 0.3) is 17.7 Å². The minimum absolute atomic E-state index is 0.0135. The molecule has 0 unspecified atom stereocenters. The van der Waals surface area contributed by atoms with E-state index < -0.39 is 17.7 Å². The molecule has 4 aromatic rings. The molecule has 0 bridgehead atoms. The third-order valence-electron chi connectivity index (χ3n) is 5.44. The molecule has 0 spiro atoms. The normalized spacial score (nSPS) is 11.0. The maximum Gasteiger partial charge on any atom is 0.341 e. The number of hydrogen-bond donors (Lipinski definition) is 0. The van der Waals surface area contributed by atoms with Crippen molar-refractivity contribution in [2.24, 2.45) is 0 Å². The van der Waals surface area contributed by atoms with E-state index in [-0.39, 0.29) is 30.0 Å². The van der Waals surface area contributed by atoms with E-state index in [4.69, 9.17) is 9.47 Å². The fraction of sp³-hybridized carbons (Fsp3) is 0.138. The number of esters is 2. The first-order valence-corrected chi connectivity index (χ1v) is 11.4. The van der Waals surface area contributed by atoms with Gasteiger partial charge < -0.3 is 13.9 Å². The van der Waals surface area contributed by atoms with Crippen LogP contribution in [0.5, 0.6) is 0 Å². The third-order valence-corrected chi connectivity index (χ3v) is 5.44. The zero-order valence-electron chi connectivity index (χ0n) is 19.6. The molecular weight excluding hydrogens is 442 g/mol. The van der Waals surface area contributed by atoms with Gasteiger partial charge in [0.05, 0.1) is 18.7 Å². The molecule has 176 valence electrons. The first kappa shape index (κ1) is 23.7. The van der Waals surface area contributed by atoms with Gasteiger partial charge >= 0.3 is 11.9 Å². The predicted molar refractivity (Wildman–Crippen MR) is 135 cm³/mol. The molecular formula is C29H25NO5. The van der Waals surface area contributed by atoms with Gasteiger partial charge in [0.25, 0.3) is 0 Å². The molecule has 6 nitrogen and oxygen atoms in total. The molecule has 35 heavy (non-hydrogen) atoms. The van der Waals surface area contributed by atoms with Crippen LogP contribution in [0.15, 0.2) is 78.9 Å². The van der Waals surface area contributed by atoms with Crippen molar-refractivity contribution in [3.63, 3.8) is 0 Å². The molecule has 2 aromatic heterocycles. The van der Waals surface area contributed by atoms with Gasteiger partial charge in [-0.15, -0.1) is 0 Å². The van der Waals surface area contributed by atoms with Gasteiger partial charge in [0, 0.05) is 11.3 Å². The highest BCUT2D eigenvalue weighted by atomic mass is 16.5. The van der Waals surface area contributed by atoms with Crippen molar-refractivity contribution >= 4 is 35.4 Å². The molecule has 4 rings (SSSR count). The summed E-state index contributed by atoms with van der Waals surface area (Å²) in [5.74, 6) is -1.85. The summed E-state index contributed by atoms with van der Waals surface area (Å²) in [6, 6.07) is 23.6. The number of pyridine rings is 1. The second-order valence-electron chi connectivity index (χ2n) is 7.65. The molecule has 2 aromatic carbocycles. The number of carbonyl (C=O) groups excluding carboxylic acids is 3. The van der Waals surface area contributed by atoms with Crippen molar-refractivity contribution in [1.82, 2.24) is 4.40 Å². The van der Waals surface area contributed by atoms with Crippen molar-refractivity contribution in [3.8, 4) is 0 Å². The molecule has 0 aliphatic heterocycles. The molecule has 0 aliphatic carbocycles. The number of benzene rings is 2. The largest absolute Gasteiger partial charge is 0.462 e. The lowest BCUT2D eigenvalue weighted by Crippen LogP contribution is -2.17. The predicted octanol–water partition coefficient (Wildman–Crippen LogP) is 5.69. The van der Waals surface area contributed by atoms with Crippen LogP contribution in [0.3, 0.4) is 0 Å². The van der Waals surface area contributed by atoms with Crippen LogP contribution >= 0.6 is 0 Å². The topological polar surface area (TPSA) is 74.1 Å². The van der Waals surface area contributed by atoms with Crippen LogP contribution in [0.4, 0.5) is 0 Å². The molecule has 6 heteroatoms. The SMILES string of the molecule is CCOC(=O)c1c(C(=O)OCC)c2cccc(/C=C/c3ccccc3)n2c1C(=O)c1ccccc1. The summed E-state index contributed by atoms with van der Waals surface area (Å²) >= 11 is 0. The number of ketones is 1. The van der Waals surface area contributed by atoms with Crippen molar-refractivity contribution < 1.29 is 23.9 Å². The standard InChI is InChI=1S/C29H25NO5/c1-3-34-28(32)24-23-17-11-16-22(19-18-20-12-7-5-8-13-20)30(23)26(25(24)29(33)35-4-2)27(31)21-14-9-6-10-15-21/h5-19H,3-4H2,1-2H3/b19-18+. The second kappa shape index (κ2) is 10.7. The highest BCUT2D eigenvalue weighted by Crippen LogP contribution is 2.30. The maximum atomic E-state index is 13.8. The Balaban J connectivity index is 2.05. The average molecular weight is 468 g/mol. The summed E-state index contributed by atoms with van der Waals surface area (Å²) < 4.78 is 12.2. The van der Waals surface area contributed by atoms with Gasteiger partial charge in [-0.1, -0.05) is 72.8 Å². The van der Waals surface area contributed by atoms with Crippen LogP contribution in [0, 0.1) is 0 Å². The van der Waals surface area contributed by atoms with Crippen molar-refractivity contribution in [2.75, 3.05) is 13.2 Å². The number of fused-ring (bicyclic) bond motifs is 1. The Hall–Kier alpha value is -4.45. The van der Waals surface area contributed by atoms with Crippen LogP contribution in [-0.4, -0.2) is 35.3 Å². The van der Waals surface area contributed by atoms with Gasteiger partial charge in [-0.2, -0.15) is 0 Å². The molecule has 0 fully saturated rings. The van der Waals surface area contributed by atoms with Crippen LogP contribution < -0.4 is 0 Å². The zero-order chi connectivity index (χ0) is 24.8. The van der Waals surface area contributed by atoms with Gasteiger partial charge in [0.1, 0.15) is 16.8 Å². The number of aromatic nitrogens is 1. The molecule has 0 aliphatic rings. The smallest absolute Gasteiger partial charge is 0.341 e. The van der Waals surface area contributed by atoms with E-state index in [0.29, 0.717) is 16.8 Å². The second-order valence-corrected chi connectivity index (χ2v) is 7.65. The first-order valence-electron chi connectivity index (χ1n) is 11.4. The van der Waals surface area contributed by atoms with Crippen molar-refractivity contribution in [2.45, 2.75) is 13.8 Å². The highest BCUT2D eigenvalue weighted by molar-refractivity contribution is 6.20. The van der Waals surface area contributed by atoms with Gasteiger partial charge in [-0.05, 0) is 37.6 Å². The number of hydrogen-bond acceptors (Lipinski definition) is 5. The molecule has 0 radical (unpaired) electrons. The van der Waals surface area contributed by atoms with Crippen molar-refractivity contribution in [3.05, 3.63) is 113 Å². The lowest BCUT2D eigenvalue weighted by molar-refractivity contribution is 0.0480. The van der Waals surface area contributed by atoms with E-state index in [9.17, 15) is 14.4 Å². The van der Waals surface area contributed by atoms with E-state index >= 15 is 0 Å². The monoisotopic (exact) mass is 467 g/mol. The average Bonchev–Trinajstić information content (AvgIpc) is 3.24. The Morgan fingerprint density at radius 3 is 1.94 bits per heavy atom. The van der Waals surface area contributed by atoms with Crippen LogP contribution in [0.2, 0.25) is 0 Å². The zero-order valence-corrected chi connectivity index (χ0v) is 19.6. The molecule has 0 N–H and O–H groups in total. The van der Waals surface area contributed by atoms with E-state index in [1.54, 1.807) is 60.7 Å². The minimum Gasteiger partial charge on any atom is -0.462 e.